The van der Waals surface area contributed by atoms with Crippen LogP contribution < -0.4 is 5.32 Å². The molecule has 0 saturated heterocycles. The van der Waals surface area contributed by atoms with Crippen molar-refractivity contribution in [2.45, 2.75) is 12.6 Å². The van der Waals surface area contributed by atoms with Crippen molar-refractivity contribution in [1.82, 2.24) is 25.1 Å². The molecule has 0 radical (unpaired) electrons. The number of pyridine rings is 1. The lowest BCUT2D eigenvalue weighted by molar-refractivity contribution is -0.117. The number of benzene rings is 1. The molecule has 0 aliphatic rings. The number of rotatable bonds is 6. The van der Waals surface area contributed by atoms with E-state index in [-0.39, 0.29) is 11.9 Å². The van der Waals surface area contributed by atoms with Crippen molar-refractivity contribution in [3.05, 3.63) is 84.7 Å². The van der Waals surface area contributed by atoms with Crippen LogP contribution in [0.25, 0.3) is 6.08 Å². The molecule has 6 nitrogen and oxygen atoms in total. The molecule has 1 atom stereocenters. The van der Waals surface area contributed by atoms with Gasteiger partial charge in [0.2, 0.25) is 5.91 Å². The van der Waals surface area contributed by atoms with Gasteiger partial charge >= 0.3 is 0 Å². The largest absolute Gasteiger partial charge is 0.344 e. The molecule has 1 aromatic carbocycles. The Morgan fingerprint density at radius 1 is 1.17 bits per heavy atom. The minimum Gasteiger partial charge on any atom is -0.344 e. The Morgan fingerprint density at radius 3 is 2.75 bits per heavy atom. The highest BCUT2D eigenvalue weighted by Crippen LogP contribution is 2.14. The van der Waals surface area contributed by atoms with Gasteiger partial charge in [-0.15, -0.1) is 0 Å². The first-order chi connectivity index (χ1) is 11.8. The smallest absolute Gasteiger partial charge is 0.244 e. The van der Waals surface area contributed by atoms with Crippen LogP contribution in [0, 0.1) is 0 Å². The first-order valence-corrected chi connectivity index (χ1v) is 7.57. The van der Waals surface area contributed by atoms with Crippen LogP contribution in [-0.2, 0) is 11.3 Å². The van der Waals surface area contributed by atoms with Gasteiger partial charge in [-0.25, -0.2) is 4.98 Å². The second kappa shape index (κ2) is 7.82. The van der Waals surface area contributed by atoms with E-state index in [1.165, 1.54) is 12.4 Å². The summed E-state index contributed by atoms with van der Waals surface area (Å²) in [4.78, 5) is 20.2. The highest BCUT2D eigenvalue weighted by molar-refractivity contribution is 5.91. The molecule has 0 bridgehead atoms. The van der Waals surface area contributed by atoms with Crippen molar-refractivity contribution in [2.24, 2.45) is 0 Å². The first-order valence-electron chi connectivity index (χ1n) is 7.57. The summed E-state index contributed by atoms with van der Waals surface area (Å²) < 4.78 is 1.70. The lowest BCUT2D eigenvalue weighted by Gasteiger charge is -2.18. The van der Waals surface area contributed by atoms with Gasteiger partial charge in [-0.2, -0.15) is 5.10 Å². The van der Waals surface area contributed by atoms with E-state index in [0.717, 1.165) is 11.1 Å². The SMILES string of the molecule is O=C(/C=C/c1cccnc1)NC(Cn1cncn1)c1ccccc1. The van der Waals surface area contributed by atoms with Crippen molar-refractivity contribution in [1.29, 1.82) is 0 Å². The first kappa shape index (κ1) is 15.6. The van der Waals surface area contributed by atoms with E-state index < -0.39 is 0 Å². The number of aromatic nitrogens is 4. The Hall–Kier alpha value is -3.28. The van der Waals surface area contributed by atoms with Gasteiger partial charge in [0.1, 0.15) is 12.7 Å². The maximum atomic E-state index is 12.3. The van der Waals surface area contributed by atoms with Gasteiger partial charge in [0.25, 0.3) is 0 Å². The second-order valence-corrected chi connectivity index (χ2v) is 5.21. The maximum absolute atomic E-state index is 12.3. The van der Waals surface area contributed by atoms with Crippen LogP contribution in [0.4, 0.5) is 0 Å². The molecule has 6 heteroatoms. The van der Waals surface area contributed by atoms with E-state index >= 15 is 0 Å². The molecule has 0 spiro atoms. The fourth-order valence-electron chi connectivity index (χ4n) is 2.30. The molecule has 0 aliphatic heterocycles. The predicted octanol–water partition coefficient (Wildman–Crippen LogP) is 2.24. The fraction of sp³-hybridized carbons (Fsp3) is 0.111. The summed E-state index contributed by atoms with van der Waals surface area (Å²) >= 11 is 0. The third-order valence-corrected chi connectivity index (χ3v) is 3.47. The lowest BCUT2D eigenvalue weighted by Crippen LogP contribution is -2.30. The van der Waals surface area contributed by atoms with Crippen molar-refractivity contribution >= 4 is 12.0 Å². The van der Waals surface area contributed by atoms with E-state index in [4.69, 9.17) is 0 Å². The van der Waals surface area contributed by atoms with Gasteiger partial charge in [0.15, 0.2) is 0 Å². The molecule has 1 unspecified atom stereocenters. The van der Waals surface area contributed by atoms with Crippen molar-refractivity contribution in [3.63, 3.8) is 0 Å². The molecule has 2 aromatic heterocycles. The fourth-order valence-corrected chi connectivity index (χ4v) is 2.30. The number of amides is 1. The molecule has 120 valence electrons. The molecule has 0 fully saturated rings. The standard InChI is InChI=1S/C18H17N5O/c24-18(9-8-15-5-4-10-19-11-15)22-17(12-23-14-20-13-21-23)16-6-2-1-3-7-16/h1-11,13-14,17H,12H2,(H,22,24)/b9-8+. The van der Waals surface area contributed by atoms with E-state index in [1.54, 1.807) is 29.5 Å². The summed E-state index contributed by atoms with van der Waals surface area (Å²) in [5, 5.41) is 7.12. The minimum absolute atomic E-state index is 0.173. The average molecular weight is 319 g/mol. The number of hydrogen-bond donors (Lipinski definition) is 1. The van der Waals surface area contributed by atoms with Gasteiger partial charge in [0, 0.05) is 18.5 Å². The van der Waals surface area contributed by atoms with Crippen LogP contribution in [0.5, 0.6) is 0 Å². The Morgan fingerprint density at radius 2 is 2.04 bits per heavy atom. The van der Waals surface area contributed by atoms with Gasteiger partial charge in [-0.1, -0.05) is 36.4 Å². The zero-order valence-corrected chi connectivity index (χ0v) is 13.0. The molecule has 0 saturated carbocycles. The van der Waals surface area contributed by atoms with Crippen molar-refractivity contribution < 1.29 is 4.79 Å². The summed E-state index contributed by atoms with van der Waals surface area (Å²) in [5.41, 5.74) is 1.89. The predicted molar refractivity (Wildman–Crippen MR) is 90.6 cm³/mol. The van der Waals surface area contributed by atoms with Gasteiger partial charge < -0.3 is 5.32 Å². The van der Waals surface area contributed by atoms with Crippen LogP contribution in [0.3, 0.4) is 0 Å². The van der Waals surface area contributed by atoms with E-state index in [0.29, 0.717) is 6.54 Å². The number of carbonyl (C=O) groups excluding carboxylic acids is 1. The Labute approximate surface area is 139 Å². The van der Waals surface area contributed by atoms with Gasteiger partial charge in [0.05, 0.1) is 12.6 Å². The van der Waals surface area contributed by atoms with E-state index in [1.807, 2.05) is 42.5 Å². The number of carbonyl (C=O) groups is 1. The Bertz CT molecular complexity index is 785. The second-order valence-electron chi connectivity index (χ2n) is 5.21. The summed E-state index contributed by atoms with van der Waals surface area (Å²) in [7, 11) is 0. The van der Waals surface area contributed by atoms with Crippen molar-refractivity contribution in [3.8, 4) is 0 Å². The van der Waals surface area contributed by atoms with Crippen LogP contribution in [0.1, 0.15) is 17.2 Å². The molecule has 1 amide bonds. The number of nitrogens with one attached hydrogen (secondary N) is 1. The highest BCUT2D eigenvalue weighted by atomic mass is 16.1. The molecule has 1 N–H and O–H groups in total. The van der Waals surface area contributed by atoms with Crippen LogP contribution in [0.2, 0.25) is 0 Å². The van der Waals surface area contributed by atoms with Crippen molar-refractivity contribution in [2.75, 3.05) is 0 Å². The number of hydrogen-bond acceptors (Lipinski definition) is 4. The van der Waals surface area contributed by atoms with E-state index in [9.17, 15) is 4.79 Å². The van der Waals surface area contributed by atoms with Gasteiger partial charge in [-0.3, -0.25) is 14.5 Å². The zero-order valence-electron chi connectivity index (χ0n) is 13.0. The van der Waals surface area contributed by atoms with E-state index in [2.05, 4.69) is 20.4 Å². The summed E-state index contributed by atoms with van der Waals surface area (Å²) in [6, 6.07) is 13.3. The quantitative estimate of drug-likeness (QED) is 0.707. The zero-order chi connectivity index (χ0) is 16.6. The Balaban J connectivity index is 1.71. The minimum atomic E-state index is -0.195. The highest BCUT2D eigenvalue weighted by Gasteiger charge is 2.14. The average Bonchev–Trinajstić information content (AvgIpc) is 3.14. The third-order valence-electron chi connectivity index (χ3n) is 3.47. The summed E-state index contributed by atoms with van der Waals surface area (Å²) in [6.07, 6.45) is 9.75. The molecule has 3 aromatic rings. The molecule has 24 heavy (non-hydrogen) atoms. The molecule has 2 heterocycles. The normalized spacial score (nSPS) is 12.2. The van der Waals surface area contributed by atoms with Crippen LogP contribution >= 0.6 is 0 Å². The Kier molecular flexibility index (Phi) is 5.09. The molecular weight excluding hydrogens is 302 g/mol. The summed E-state index contributed by atoms with van der Waals surface area (Å²) in [5.74, 6) is -0.173. The number of nitrogens with zero attached hydrogens (tertiary/aromatic N) is 4. The molecular formula is C18H17N5O. The van der Waals surface area contributed by atoms with Gasteiger partial charge in [-0.05, 0) is 23.3 Å². The van der Waals surface area contributed by atoms with Crippen LogP contribution in [0.15, 0.2) is 73.6 Å². The maximum Gasteiger partial charge on any atom is 0.244 e. The monoisotopic (exact) mass is 319 g/mol. The molecule has 0 aliphatic carbocycles. The molecule has 3 rings (SSSR count). The topological polar surface area (TPSA) is 72.7 Å². The summed E-state index contributed by atoms with van der Waals surface area (Å²) in [6.45, 7) is 0.510. The lowest BCUT2D eigenvalue weighted by atomic mass is 10.1. The van der Waals surface area contributed by atoms with Crippen LogP contribution in [-0.4, -0.2) is 25.7 Å². The third kappa shape index (κ3) is 4.36.